The molecule has 0 bridgehead atoms. The Morgan fingerprint density at radius 3 is 3.05 bits per heavy atom. The normalized spacial score (nSPS) is 17.7. The summed E-state index contributed by atoms with van der Waals surface area (Å²) in [6.07, 6.45) is 5.37. The summed E-state index contributed by atoms with van der Waals surface area (Å²) >= 11 is 0. The Morgan fingerprint density at radius 2 is 2.19 bits per heavy atom. The zero-order valence-electron chi connectivity index (χ0n) is 12.2. The lowest BCUT2D eigenvalue weighted by Crippen LogP contribution is -2.17. The number of anilines is 1. The summed E-state index contributed by atoms with van der Waals surface area (Å²) in [5, 5.41) is 4.96. The van der Waals surface area contributed by atoms with Crippen molar-refractivity contribution in [1.82, 2.24) is 9.97 Å². The monoisotopic (exact) mass is 277 g/mol. The second kappa shape index (κ2) is 4.92. The van der Waals surface area contributed by atoms with Crippen molar-refractivity contribution in [1.29, 1.82) is 0 Å². The Kier molecular flexibility index (Phi) is 2.92. The van der Waals surface area contributed by atoms with Gasteiger partial charge < -0.3 is 10.3 Å². The van der Waals surface area contributed by atoms with E-state index in [0.29, 0.717) is 6.04 Å². The average Bonchev–Trinajstić information content (AvgIpc) is 2.88. The number of nitrogens with zero attached hydrogens (tertiary/aromatic N) is 1. The quantitative estimate of drug-likeness (QED) is 0.730. The van der Waals surface area contributed by atoms with Gasteiger partial charge in [0.2, 0.25) is 0 Å². The van der Waals surface area contributed by atoms with Crippen LogP contribution in [0.15, 0.2) is 42.6 Å². The largest absolute Gasteiger partial charge is 0.362 e. The molecule has 3 heteroatoms. The molecule has 2 aromatic heterocycles. The van der Waals surface area contributed by atoms with E-state index in [2.05, 4.69) is 40.4 Å². The van der Waals surface area contributed by atoms with E-state index in [-0.39, 0.29) is 0 Å². The Labute approximate surface area is 124 Å². The molecule has 0 saturated carbocycles. The minimum atomic E-state index is 0.330. The fourth-order valence-electron chi connectivity index (χ4n) is 3.35. The van der Waals surface area contributed by atoms with Crippen LogP contribution in [-0.2, 0) is 6.42 Å². The number of hydrogen-bond donors (Lipinski definition) is 2. The minimum absolute atomic E-state index is 0.330. The van der Waals surface area contributed by atoms with Gasteiger partial charge in [-0.15, -0.1) is 0 Å². The van der Waals surface area contributed by atoms with Gasteiger partial charge in [0.15, 0.2) is 0 Å². The number of rotatable bonds is 2. The van der Waals surface area contributed by atoms with Crippen LogP contribution < -0.4 is 5.32 Å². The molecule has 0 saturated heterocycles. The van der Waals surface area contributed by atoms with Crippen LogP contribution in [0.4, 0.5) is 5.82 Å². The van der Waals surface area contributed by atoms with Gasteiger partial charge in [-0.1, -0.05) is 17.7 Å². The first kappa shape index (κ1) is 12.5. The maximum absolute atomic E-state index is 4.39. The summed E-state index contributed by atoms with van der Waals surface area (Å²) in [5.74, 6) is 0.949. The number of fused-ring (bicyclic) bond motifs is 3. The highest BCUT2D eigenvalue weighted by Crippen LogP contribution is 2.36. The predicted octanol–water partition coefficient (Wildman–Crippen LogP) is 4.36. The molecule has 0 aliphatic heterocycles. The molecule has 4 rings (SSSR count). The smallest absolute Gasteiger partial charge is 0.126 e. The van der Waals surface area contributed by atoms with Gasteiger partial charge in [-0.2, -0.15) is 0 Å². The van der Waals surface area contributed by atoms with E-state index >= 15 is 0 Å². The summed E-state index contributed by atoms with van der Waals surface area (Å²) in [4.78, 5) is 8.01. The van der Waals surface area contributed by atoms with Gasteiger partial charge in [-0.25, -0.2) is 4.98 Å². The van der Waals surface area contributed by atoms with Crippen LogP contribution in [0.3, 0.4) is 0 Å². The van der Waals surface area contributed by atoms with Gasteiger partial charge in [0, 0.05) is 22.8 Å². The van der Waals surface area contributed by atoms with Crippen molar-refractivity contribution in [3.05, 3.63) is 59.4 Å². The first-order chi connectivity index (χ1) is 10.3. The Hall–Kier alpha value is -2.29. The first-order valence-electron chi connectivity index (χ1n) is 7.60. The van der Waals surface area contributed by atoms with E-state index in [1.165, 1.54) is 40.6 Å². The molecule has 106 valence electrons. The van der Waals surface area contributed by atoms with Crippen molar-refractivity contribution < 1.29 is 0 Å². The summed E-state index contributed by atoms with van der Waals surface area (Å²) in [6.45, 7) is 2.16. The third kappa shape index (κ3) is 2.19. The minimum Gasteiger partial charge on any atom is -0.362 e. The fourth-order valence-corrected chi connectivity index (χ4v) is 3.35. The van der Waals surface area contributed by atoms with Crippen LogP contribution in [0.5, 0.6) is 0 Å². The second-order valence-corrected chi connectivity index (χ2v) is 5.87. The Bertz CT molecular complexity index is 774. The molecule has 1 unspecified atom stereocenters. The van der Waals surface area contributed by atoms with E-state index in [1.807, 2.05) is 24.4 Å². The van der Waals surface area contributed by atoms with Crippen LogP contribution >= 0.6 is 0 Å². The van der Waals surface area contributed by atoms with Crippen LogP contribution in [0.25, 0.3) is 10.9 Å². The number of aromatic amines is 1. The Balaban J connectivity index is 1.76. The van der Waals surface area contributed by atoms with Gasteiger partial charge in [0.1, 0.15) is 5.82 Å². The maximum atomic E-state index is 4.39. The molecule has 21 heavy (non-hydrogen) atoms. The van der Waals surface area contributed by atoms with E-state index < -0.39 is 0 Å². The summed E-state index contributed by atoms with van der Waals surface area (Å²) in [7, 11) is 0. The van der Waals surface area contributed by atoms with Crippen molar-refractivity contribution >= 4 is 16.7 Å². The van der Waals surface area contributed by atoms with Crippen LogP contribution in [0, 0.1) is 6.92 Å². The van der Waals surface area contributed by atoms with Gasteiger partial charge in [0.25, 0.3) is 0 Å². The van der Waals surface area contributed by atoms with Crippen LogP contribution in [-0.4, -0.2) is 9.97 Å². The number of hydrogen-bond acceptors (Lipinski definition) is 2. The van der Waals surface area contributed by atoms with Crippen molar-refractivity contribution in [3.8, 4) is 0 Å². The molecule has 0 amide bonds. The predicted molar refractivity (Wildman–Crippen MR) is 86.6 cm³/mol. The van der Waals surface area contributed by atoms with E-state index in [4.69, 9.17) is 0 Å². The Morgan fingerprint density at radius 1 is 1.24 bits per heavy atom. The highest BCUT2D eigenvalue weighted by atomic mass is 15.0. The molecule has 3 aromatic rings. The van der Waals surface area contributed by atoms with E-state index in [0.717, 1.165) is 12.2 Å². The van der Waals surface area contributed by atoms with Crippen molar-refractivity contribution in [3.63, 3.8) is 0 Å². The maximum Gasteiger partial charge on any atom is 0.126 e. The number of aromatic nitrogens is 2. The summed E-state index contributed by atoms with van der Waals surface area (Å²) in [6, 6.07) is 13.0. The second-order valence-electron chi connectivity index (χ2n) is 5.87. The SMILES string of the molecule is Cc1ccc2[nH]c3c(c2c1)CCCC3Nc1ccccn1. The summed E-state index contributed by atoms with van der Waals surface area (Å²) in [5.41, 5.74) is 5.39. The fraction of sp³-hybridized carbons (Fsp3) is 0.278. The third-order valence-electron chi connectivity index (χ3n) is 4.35. The van der Waals surface area contributed by atoms with Crippen molar-refractivity contribution in [2.75, 3.05) is 5.32 Å². The van der Waals surface area contributed by atoms with Crippen molar-refractivity contribution in [2.24, 2.45) is 0 Å². The van der Waals surface area contributed by atoms with Crippen LogP contribution in [0.2, 0.25) is 0 Å². The molecule has 0 radical (unpaired) electrons. The topological polar surface area (TPSA) is 40.7 Å². The molecule has 1 aliphatic carbocycles. The standard InChI is InChI=1S/C18H19N3/c1-12-8-9-15-14(11-12)13-5-4-6-16(18(13)21-15)20-17-7-2-3-10-19-17/h2-3,7-11,16,21H,4-6H2,1H3,(H,19,20). The zero-order valence-corrected chi connectivity index (χ0v) is 12.2. The molecule has 3 nitrogen and oxygen atoms in total. The molecule has 1 aromatic carbocycles. The first-order valence-corrected chi connectivity index (χ1v) is 7.60. The molecule has 2 N–H and O–H groups in total. The average molecular weight is 277 g/mol. The zero-order chi connectivity index (χ0) is 14.2. The molecular formula is C18H19N3. The number of aryl methyl sites for hydroxylation is 2. The van der Waals surface area contributed by atoms with E-state index in [9.17, 15) is 0 Å². The molecule has 0 spiro atoms. The highest BCUT2D eigenvalue weighted by molar-refractivity contribution is 5.86. The summed E-state index contributed by atoms with van der Waals surface area (Å²) < 4.78 is 0. The number of pyridine rings is 1. The van der Waals surface area contributed by atoms with Crippen LogP contribution in [0.1, 0.15) is 35.7 Å². The lowest BCUT2D eigenvalue weighted by atomic mass is 9.91. The van der Waals surface area contributed by atoms with Crippen molar-refractivity contribution in [2.45, 2.75) is 32.2 Å². The van der Waals surface area contributed by atoms with Gasteiger partial charge >= 0.3 is 0 Å². The lowest BCUT2D eigenvalue weighted by molar-refractivity contribution is 0.591. The molecule has 1 aliphatic rings. The van der Waals surface area contributed by atoms with Gasteiger partial charge in [-0.05, 0) is 56.0 Å². The van der Waals surface area contributed by atoms with Gasteiger partial charge in [-0.3, -0.25) is 0 Å². The molecule has 2 heterocycles. The molecule has 0 fully saturated rings. The molecular weight excluding hydrogens is 258 g/mol. The van der Waals surface area contributed by atoms with Gasteiger partial charge in [0.05, 0.1) is 6.04 Å². The number of H-pyrrole nitrogens is 1. The molecule has 1 atom stereocenters. The number of nitrogens with one attached hydrogen (secondary N) is 2. The number of benzene rings is 1. The highest BCUT2D eigenvalue weighted by Gasteiger charge is 2.24. The van der Waals surface area contributed by atoms with E-state index in [1.54, 1.807) is 0 Å². The lowest BCUT2D eigenvalue weighted by Gasteiger charge is -2.24. The third-order valence-corrected chi connectivity index (χ3v) is 4.35.